The molecule has 2 aliphatic heterocycles. The summed E-state index contributed by atoms with van der Waals surface area (Å²) in [6.45, 7) is 11.6. The molecule has 0 saturated carbocycles. The number of para-hydroxylation sites is 1. The molecule has 0 aromatic heterocycles. The molecule has 0 bridgehead atoms. The van der Waals surface area contributed by atoms with Gasteiger partial charge in [0.2, 0.25) is 0 Å². The average molecular weight is 304 g/mol. The Kier molecular flexibility index (Phi) is 7.75. The van der Waals surface area contributed by atoms with Crippen LogP contribution in [0.15, 0.2) is 24.3 Å². The van der Waals surface area contributed by atoms with Crippen LogP contribution in [-0.2, 0) is 11.3 Å². The number of likely N-dealkylation sites (tertiary alicyclic amines) is 1. The number of piperidine rings is 1. The van der Waals surface area contributed by atoms with Crippen LogP contribution in [0.2, 0.25) is 0 Å². The van der Waals surface area contributed by atoms with E-state index in [1.54, 1.807) is 0 Å². The molecule has 0 atom stereocenters. The van der Waals surface area contributed by atoms with Crippen LogP contribution in [0.5, 0.6) is 0 Å². The van der Waals surface area contributed by atoms with E-state index in [2.05, 4.69) is 47.9 Å². The van der Waals surface area contributed by atoms with E-state index in [1.165, 1.54) is 50.0 Å². The van der Waals surface area contributed by atoms with Gasteiger partial charge in [0.25, 0.3) is 0 Å². The Labute approximate surface area is 136 Å². The second-order valence-electron chi connectivity index (χ2n) is 6.27. The third-order valence-corrected chi connectivity index (χ3v) is 4.19. The number of ether oxygens (including phenoxy) is 1. The Morgan fingerprint density at radius 2 is 1.55 bits per heavy atom. The molecule has 0 unspecified atom stereocenters. The molecule has 22 heavy (non-hydrogen) atoms. The van der Waals surface area contributed by atoms with E-state index in [0.717, 1.165) is 32.8 Å². The molecule has 0 N–H and O–H groups in total. The molecule has 1 aromatic carbocycles. The van der Waals surface area contributed by atoms with Crippen molar-refractivity contribution in [2.75, 3.05) is 44.3 Å². The molecule has 3 nitrogen and oxygen atoms in total. The van der Waals surface area contributed by atoms with Crippen LogP contribution in [-0.4, -0.2) is 44.3 Å². The van der Waals surface area contributed by atoms with Crippen molar-refractivity contribution >= 4 is 5.69 Å². The number of rotatable bonds is 3. The molecule has 3 heteroatoms. The van der Waals surface area contributed by atoms with Gasteiger partial charge in [-0.05, 0) is 37.6 Å². The molecule has 0 aliphatic carbocycles. The van der Waals surface area contributed by atoms with Crippen LogP contribution in [0, 0.1) is 0 Å². The van der Waals surface area contributed by atoms with E-state index in [1.807, 2.05) is 0 Å². The van der Waals surface area contributed by atoms with Crippen molar-refractivity contribution in [3.8, 4) is 0 Å². The second kappa shape index (κ2) is 9.86. The molecule has 0 spiro atoms. The lowest BCUT2D eigenvalue weighted by atomic mass is 10.1. The quantitative estimate of drug-likeness (QED) is 0.841. The van der Waals surface area contributed by atoms with Crippen LogP contribution in [0.25, 0.3) is 0 Å². The molecule has 0 radical (unpaired) electrons. The number of hydrogen-bond acceptors (Lipinski definition) is 3. The molecule has 2 saturated heterocycles. The number of anilines is 1. The first-order chi connectivity index (χ1) is 10.8. The van der Waals surface area contributed by atoms with Gasteiger partial charge in [-0.2, -0.15) is 0 Å². The minimum absolute atomic E-state index is 0.859. The molecule has 0 amide bonds. The first-order valence-corrected chi connectivity index (χ1v) is 8.98. The summed E-state index contributed by atoms with van der Waals surface area (Å²) in [6, 6.07) is 8.89. The fourth-order valence-corrected chi connectivity index (χ4v) is 3.12. The minimum Gasteiger partial charge on any atom is -0.378 e. The van der Waals surface area contributed by atoms with Crippen molar-refractivity contribution in [3.63, 3.8) is 0 Å². The highest BCUT2D eigenvalue weighted by Gasteiger charge is 2.17. The Balaban J connectivity index is 0.000000545. The van der Waals surface area contributed by atoms with Gasteiger partial charge in [-0.25, -0.2) is 0 Å². The number of nitrogens with zero attached hydrogens (tertiary/aromatic N) is 2. The van der Waals surface area contributed by atoms with Crippen molar-refractivity contribution in [2.24, 2.45) is 0 Å². The molecule has 2 heterocycles. The summed E-state index contributed by atoms with van der Waals surface area (Å²) in [4.78, 5) is 5.07. The fourth-order valence-electron chi connectivity index (χ4n) is 3.12. The van der Waals surface area contributed by atoms with Crippen molar-refractivity contribution in [1.82, 2.24) is 4.90 Å². The van der Waals surface area contributed by atoms with Gasteiger partial charge >= 0.3 is 0 Å². The second-order valence-corrected chi connectivity index (χ2v) is 6.27. The molecule has 3 rings (SSSR count). The molecule has 124 valence electrons. The summed E-state index contributed by atoms with van der Waals surface area (Å²) in [6.07, 6.45) is 5.38. The van der Waals surface area contributed by atoms with E-state index in [9.17, 15) is 0 Å². The smallest absolute Gasteiger partial charge is 0.0642 e. The van der Waals surface area contributed by atoms with Crippen molar-refractivity contribution < 1.29 is 4.74 Å². The standard InChI is InChI=1S/C16H24N2O.C3H8/c1-4-8-17(9-5-1)14-15-6-2-3-7-16(15)18-10-12-19-13-11-18;1-3-2/h2-3,6-7H,1,4-5,8-14H2;3H2,1-2H3. The highest BCUT2D eigenvalue weighted by Crippen LogP contribution is 2.24. The van der Waals surface area contributed by atoms with Gasteiger partial charge in [0.15, 0.2) is 0 Å². The van der Waals surface area contributed by atoms with Crippen molar-refractivity contribution in [2.45, 2.75) is 46.1 Å². The van der Waals surface area contributed by atoms with Gasteiger partial charge < -0.3 is 9.64 Å². The molecule has 2 fully saturated rings. The summed E-state index contributed by atoms with van der Waals surface area (Å²) in [5, 5.41) is 0. The summed E-state index contributed by atoms with van der Waals surface area (Å²) in [7, 11) is 0. The van der Waals surface area contributed by atoms with Crippen LogP contribution in [0.1, 0.15) is 45.1 Å². The fraction of sp³-hybridized carbons (Fsp3) is 0.684. The maximum Gasteiger partial charge on any atom is 0.0642 e. The van der Waals surface area contributed by atoms with E-state index < -0.39 is 0 Å². The topological polar surface area (TPSA) is 15.7 Å². The monoisotopic (exact) mass is 304 g/mol. The Hall–Kier alpha value is -1.06. The first kappa shape index (κ1) is 17.3. The third-order valence-electron chi connectivity index (χ3n) is 4.19. The summed E-state index contributed by atoms with van der Waals surface area (Å²) >= 11 is 0. The lowest BCUT2D eigenvalue weighted by Gasteiger charge is -2.33. The maximum atomic E-state index is 5.46. The first-order valence-electron chi connectivity index (χ1n) is 8.98. The van der Waals surface area contributed by atoms with Crippen LogP contribution < -0.4 is 4.90 Å². The van der Waals surface area contributed by atoms with E-state index in [-0.39, 0.29) is 0 Å². The van der Waals surface area contributed by atoms with Crippen molar-refractivity contribution in [3.05, 3.63) is 29.8 Å². The Morgan fingerprint density at radius 1 is 0.909 bits per heavy atom. The zero-order valence-electron chi connectivity index (χ0n) is 14.4. The number of hydrogen-bond donors (Lipinski definition) is 0. The number of morpholine rings is 1. The SMILES string of the molecule is CCC.c1ccc(N2CCOCC2)c(CN2CCCCC2)c1. The summed E-state index contributed by atoms with van der Waals surface area (Å²) < 4.78 is 5.46. The highest BCUT2D eigenvalue weighted by atomic mass is 16.5. The van der Waals surface area contributed by atoms with Crippen LogP contribution in [0.3, 0.4) is 0 Å². The summed E-state index contributed by atoms with van der Waals surface area (Å²) in [5.41, 5.74) is 2.89. The van der Waals surface area contributed by atoms with E-state index >= 15 is 0 Å². The highest BCUT2D eigenvalue weighted by molar-refractivity contribution is 5.53. The van der Waals surface area contributed by atoms with Gasteiger partial charge in [0.05, 0.1) is 13.2 Å². The lowest BCUT2D eigenvalue weighted by molar-refractivity contribution is 0.122. The summed E-state index contributed by atoms with van der Waals surface area (Å²) in [5.74, 6) is 0. The zero-order chi connectivity index (χ0) is 15.6. The average Bonchev–Trinajstić information content (AvgIpc) is 2.58. The third kappa shape index (κ3) is 5.29. The van der Waals surface area contributed by atoms with E-state index in [0.29, 0.717) is 0 Å². The largest absolute Gasteiger partial charge is 0.378 e. The molecule has 1 aromatic rings. The Bertz CT molecular complexity index is 410. The molecule has 2 aliphatic rings. The lowest BCUT2D eigenvalue weighted by Crippen LogP contribution is -2.37. The van der Waals surface area contributed by atoms with Crippen LogP contribution in [0.4, 0.5) is 5.69 Å². The maximum absolute atomic E-state index is 5.46. The predicted molar refractivity (Wildman–Crippen MR) is 94.6 cm³/mol. The normalized spacial score (nSPS) is 19.5. The molecular formula is C19H32N2O. The molecular weight excluding hydrogens is 272 g/mol. The van der Waals surface area contributed by atoms with Gasteiger partial charge in [-0.1, -0.05) is 44.9 Å². The number of benzene rings is 1. The van der Waals surface area contributed by atoms with Gasteiger partial charge in [-0.15, -0.1) is 0 Å². The van der Waals surface area contributed by atoms with Gasteiger partial charge in [0.1, 0.15) is 0 Å². The zero-order valence-corrected chi connectivity index (χ0v) is 14.4. The van der Waals surface area contributed by atoms with Gasteiger partial charge in [-0.3, -0.25) is 4.90 Å². The van der Waals surface area contributed by atoms with E-state index in [4.69, 9.17) is 4.74 Å². The Morgan fingerprint density at radius 3 is 2.23 bits per heavy atom. The minimum atomic E-state index is 0.859. The van der Waals surface area contributed by atoms with Crippen molar-refractivity contribution in [1.29, 1.82) is 0 Å². The van der Waals surface area contributed by atoms with Gasteiger partial charge in [0, 0.05) is 25.3 Å². The predicted octanol–water partition coefficient (Wildman–Crippen LogP) is 3.93. The van der Waals surface area contributed by atoms with Crippen LogP contribution >= 0.6 is 0 Å².